The van der Waals surface area contributed by atoms with Gasteiger partial charge >= 0.3 is 0 Å². The normalized spacial score (nSPS) is 39.3. The zero-order valence-electron chi connectivity index (χ0n) is 23.4. The first-order valence-electron chi connectivity index (χ1n) is 15.8. The van der Waals surface area contributed by atoms with Crippen molar-refractivity contribution in [2.75, 3.05) is 13.2 Å². The minimum Gasteiger partial charge on any atom is -0.393 e. The molecule has 0 bridgehead atoms. The molecule has 3 saturated carbocycles. The summed E-state index contributed by atoms with van der Waals surface area (Å²) in [4.78, 5) is 0. The molecule has 206 valence electrons. The molecule has 4 fully saturated rings. The van der Waals surface area contributed by atoms with Gasteiger partial charge in [0.2, 0.25) is 0 Å². The van der Waals surface area contributed by atoms with E-state index in [0.29, 0.717) is 37.4 Å². The number of unbranched alkanes of at least 4 members (excludes halogenated alkanes) is 9. The molecule has 0 aromatic heterocycles. The van der Waals surface area contributed by atoms with Crippen molar-refractivity contribution in [2.24, 2.45) is 23.2 Å². The summed E-state index contributed by atoms with van der Waals surface area (Å²) in [6, 6.07) is 0. The summed E-state index contributed by atoms with van der Waals surface area (Å²) in [5.74, 6) is 1.12. The van der Waals surface area contributed by atoms with Crippen molar-refractivity contribution in [3.63, 3.8) is 0 Å². The maximum Gasteiger partial charge on any atom is 0.171 e. The first-order chi connectivity index (χ1) is 17.4. The smallest absolute Gasteiger partial charge is 0.171 e. The van der Waals surface area contributed by atoms with Crippen LogP contribution in [0.4, 0.5) is 0 Å². The summed E-state index contributed by atoms with van der Waals surface area (Å²) in [7, 11) is 0. The molecule has 4 heteroatoms. The molecular formula is C32H54O4. The second kappa shape index (κ2) is 11.4. The van der Waals surface area contributed by atoms with Crippen molar-refractivity contribution in [1.29, 1.82) is 0 Å². The molecule has 0 amide bonds. The molecule has 36 heavy (non-hydrogen) atoms. The topological polar surface area (TPSA) is 58.9 Å². The highest BCUT2D eigenvalue weighted by Crippen LogP contribution is 2.64. The number of fused-ring (bicyclic) bond motifs is 4. The Morgan fingerprint density at radius 3 is 2.22 bits per heavy atom. The van der Waals surface area contributed by atoms with Crippen LogP contribution in [-0.4, -0.2) is 40.9 Å². The predicted molar refractivity (Wildman–Crippen MR) is 145 cm³/mol. The zero-order valence-corrected chi connectivity index (χ0v) is 23.4. The van der Waals surface area contributed by atoms with Crippen LogP contribution in [0.15, 0.2) is 11.1 Å². The largest absolute Gasteiger partial charge is 0.393 e. The van der Waals surface area contributed by atoms with Gasteiger partial charge in [0, 0.05) is 12.8 Å². The van der Waals surface area contributed by atoms with Gasteiger partial charge in [0.05, 0.1) is 24.9 Å². The molecule has 4 aliphatic carbocycles. The molecule has 5 aliphatic rings. The van der Waals surface area contributed by atoms with E-state index in [0.717, 1.165) is 44.9 Å². The molecule has 1 saturated heterocycles. The highest BCUT2D eigenvalue weighted by molar-refractivity contribution is 5.37. The molecule has 0 aromatic rings. The highest BCUT2D eigenvalue weighted by atomic mass is 16.7. The number of rotatable bonds is 11. The van der Waals surface area contributed by atoms with Crippen molar-refractivity contribution in [2.45, 2.75) is 153 Å². The van der Waals surface area contributed by atoms with Crippen molar-refractivity contribution in [3.8, 4) is 0 Å². The van der Waals surface area contributed by atoms with Gasteiger partial charge in [-0.05, 0) is 73.7 Å². The molecule has 6 atom stereocenters. The molecule has 1 spiro atoms. The Balaban J connectivity index is 1.25. The van der Waals surface area contributed by atoms with E-state index in [2.05, 4.69) is 13.8 Å². The Hall–Kier alpha value is -0.420. The minimum absolute atomic E-state index is 0.0565. The van der Waals surface area contributed by atoms with Gasteiger partial charge in [-0.2, -0.15) is 0 Å². The van der Waals surface area contributed by atoms with Gasteiger partial charge in [-0.25, -0.2) is 0 Å². The Labute approximate surface area is 220 Å². The zero-order chi connectivity index (χ0) is 25.2. The summed E-state index contributed by atoms with van der Waals surface area (Å²) in [5, 5.41) is 23.1. The van der Waals surface area contributed by atoms with Gasteiger partial charge in [0.15, 0.2) is 5.79 Å². The van der Waals surface area contributed by atoms with Crippen molar-refractivity contribution in [3.05, 3.63) is 11.1 Å². The van der Waals surface area contributed by atoms with E-state index in [1.807, 2.05) is 0 Å². The van der Waals surface area contributed by atoms with E-state index in [4.69, 9.17) is 9.47 Å². The van der Waals surface area contributed by atoms with Crippen molar-refractivity contribution < 1.29 is 19.7 Å². The maximum atomic E-state index is 12.0. The quantitative estimate of drug-likeness (QED) is 0.227. The fraction of sp³-hybridized carbons (Fsp3) is 0.938. The van der Waals surface area contributed by atoms with Gasteiger partial charge in [0.1, 0.15) is 0 Å². The molecule has 0 unspecified atom stereocenters. The number of hydrogen-bond donors (Lipinski definition) is 2. The predicted octanol–water partition coefficient (Wildman–Crippen LogP) is 7.46. The van der Waals surface area contributed by atoms with Crippen LogP contribution in [0.25, 0.3) is 0 Å². The third kappa shape index (κ3) is 5.23. The third-order valence-corrected chi connectivity index (χ3v) is 11.2. The van der Waals surface area contributed by atoms with Crippen LogP contribution in [0, 0.1) is 23.2 Å². The number of ether oxygens (including phenoxy) is 2. The average molecular weight is 503 g/mol. The molecule has 2 N–H and O–H groups in total. The maximum absolute atomic E-state index is 12.0. The molecule has 4 nitrogen and oxygen atoms in total. The van der Waals surface area contributed by atoms with Crippen molar-refractivity contribution >= 4 is 0 Å². The molecule has 1 heterocycles. The molecule has 0 radical (unpaired) electrons. The minimum atomic E-state index is -0.755. The van der Waals surface area contributed by atoms with Gasteiger partial charge in [-0.3, -0.25) is 0 Å². The fourth-order valence-corrected chi connectivity index (χ4v) is 9.29. The van der Waals surface area contributed by atoms with Gasteiger partial charge in [-0.1, -0.05) is 83.6 Å². The standard InChI is InChI=1S/C32H54O4/c1-3-4-5-6-7-8-9-10-11-12-13-24-22-30(2)26(14-15-28(30)33)25-16-18-31(34)23-32(35-20-21-36-32)19-17-27(31)29(24)25/h24-26,28,33-34H,3-23H2,1-2H3/t24-,25-,26-,28-,30-,31+/m0/s1. The van der Waals surface area contributed by atoms with E-state index >= 15 is 0 Å². The second-order valence-corrected chi connectivity index (χ2v) is 13.5. The molecule has 1 aliphatic heterocycles. The van der Waals surface area contributed by atoms with E-state index in [1.54, 1.807) is 5.57 Å². The van der Waals surface area contributed by atoms with Crippen LogP contribution in [0.1, 0.15) is 136 Å². The Morgan fingerprint density at radius 2 is 1.53 bits per heavy atom. The summed E-state index contributed by atoms with van der Waals surface area (Å²) in [6.45, 7) is 5.99. The lowest BCUT2D eigenvalue weighted by Crippen LogP contribution is -2.54. The summed E-state index contributed by atoms with van der Waals surface area (Å²) >= 11 is 0. The first kappa shape index (κ1) is 27.2. The number of hydrogen-bond acceptors (Lipinski definition) is 4. The van der Waals surface area contributed by atoms with Crippen LogP contribution in [0.2, 0.25) is 0 Å². The van der Waals surface area contributed by atoms with Gasteiger partial charge in [-0.15, -0.1) is 0 Å². The molecule has 0 aromatic carbocycles. The SMILES string of the molecule is CCCCCCCCCCCC[C@H]1C[C@]2(C)[C@@H](O)CC[C@H]2[C@@H]2CC[C@@]3(O)CC4(CCC3=C12)OCCO4. The van der Waals surface area contributed by atoms with E-state index in [9.17, 15) is 10.2 Å². The van der Waals surface area contributed by atoms with Crippen molar-refractivity contribution in [1.82, 2.24) is 0 Å². The number of aliphatic hydroxyl groups excluding tert-OH is 1. The molecule has 5 rings (SSSR count). The second-order valence-electron chi connectivity index (χ2n) is 13.5. The first-order valence-corrected chi connectivity index (χ1v) is 15.8. The number of allylic oxidation sites excluding steroid dienone is 1. The average Bonchev–Trinajstić information content (AvgIpc) is 3.43. The lowest BCUT2D eigenvalue weighted by Gasteiger charge is -2.56. The van der Waals surface area contributed by atoms with Gasteiger partial charge in [0.25, 0.3) is 0 Å². The van der Waals surface area contributed by atoms with Crippen LogP contribution < -0.4 is 0 Å². The van der Waals surface area contributed by atoms with Crippen LogP contribution >= 0.6 is 0 Å². The summed E-state index contributed by atoms with van der Waals surface area (Å²) in [5.41, 5.74) is 2.30. The van der Waals surface area contributed by atoms with E-state index in [-0.39, 0.29) is 11.5 Å². The highest BCUT2D eigenvalue weighted by Gasteiger charge is 2.60. The van der Waals surface area contributed by atoms with Crippen LogP contribution in [0.5, 0.6) is 0 Å². The van der Waals surface area contributed by atoms with Gasteiger partial charge < -0.3 is 19.7 Å². The fourth-order valence-electron chi connectivity index (χ4n) is 9.29. The van der Waals surface area contributed by atoms with E-state index < -0.39 is 11.4 Å². The van der Waals surface area contributed by atoms with E-state index in [1.165, 1.54) is 76.2 Å². The Morgan fingerprint density at radius 1 is 0.861 bits per heavy atom. The lowest BCUT2D eigenvalue weighted by molar-refractivity contribution is -0.208. The third-order valence-electron chi connectivity index (χ3n) is 11.2. The van der Waals surface area contributed by atoms with Crippen LogP contribution in [-0.2, 0) is 9.47 Å². The van der Waals surface area contributed by atoms with Crippen LogP contribution in [0.3, 0.4) is 0 Å². The summed E-state index contributed by atoms with van der Waals surface area (Å²) < 4.78 is 12.1. The Bertz CT molecular complexity index is 770. The number of aliphatic hydroxyl groups is 2. The lowest BCUT2D eigenvalue weighted by atomic mass is 9.51. The monoisotopic (exact) mass is 502 g/mol. The summed E-state index contributed by atoms with van der Waals surface area (Å²) in [6.07, 6.45) is 22.3. The molecular weight excluding hydrogens is 448 g/mol. The Kier molecular flexibility index (Phi) is 8.57.